The zero-order valence-electron chi connectivity index (χ0n) is 14.5. The molecule has 2 atom stereocenters. The van der Waals surface area contributed by atoms with Crippen molar-refractivity contribution in [3.05, 3.63) is 77.6 Å². The summed E-state index contributed by atoms with van der Waals surface area (Å²) in [5, 5.41) is 16.7. The topological polar surface area (TPSA) is 67.2 Å². The molecule has 5 nitrogen and oxygen atoms in total. The molecule has 1 amide bonds. The number of nitrogens with zero attached hydrogens (tertiary/aromatic N) is 2. The zero-order valence-corrected chi connectivity index (χ0v) is 14.5. The molecule has 1 saturated carbocycles. The first-order chi connectivity index (χ1) is 13.3. The summed E-state index contributed by atoms with van der Waals surface area (Å²) in [6, 6.07) is 14.4. The average molecular weight is 387 g/mol. The Morgan fingerprint density at radius 1 is 1.11 bits per heavy atom. The number of aromatic nitrogens is 2. The fourth-order valence-corrected chi connectivity index (χ4v) is 3.22. The fourth-order valence-electron chi connectivity index (χ4n) is 3.22. The largest absolute Gasteiger partial charge is 0.504 e. The zero-order chi connectivity index (χ0) is 19.9. The van der Waals surface area contributed by atoms with E-state index in [0.717, 1.165) is 28.9 Å². The Balaban J connectivity index is 1.54. The van der Waals surface area contributed by atoms with Crippen LogP contribution in [0.1, 0.15) is 34.0 Å². The maximum atomic E-state index is 13.2. The van der Waals surface area contributed by atoms with Gasteiger partial charge in [0.1, 0.15) is 0 Å². The number of halogens is 3. The number of carbonyl (C=O) groups excluding carboxylic acids is 1. The minimum absolute atomic E-state index is 0.0955. The highest BCUT2D eigenvalue weighted by Crippen LogP contribution is 2.41. The first kappa shape index (κ1) is 18.1. The molecule has 0 spiro atoms. The fraction of sp³-hybridized carbons (Fsp3) is 0.200. The number of rotatable bonds is 4. The van der Waals surface area contributed by atoms with Crippen LogP contribution >= 0.6 is 0 Å². The summed E-state index contributed by atoms with van der Waals surface area (Å²) in [7, 11) is 0. The van der Waals surface area contributed by atoms with Gasteiger partial charge in [0.05, 0.1) is 17.4 Å². The molecule has 144 valence electrons. The van der Waals surface area contributed by atoms with Gasteiger partial charge in [0.15, 0.2) is 11.4 Å². The molecule has 2 N–H and O–H groups in total. The summed E-state index contributed by atoms with van der Waals surface area (Å²) in [6.07, 6.45) is -2.83. The third-order valence-corrected chi connectivity index (χ3v) is 4.70. The van der Waals surface area contributed by atoms with Crippen LogP contribution in [0.2, 0.25) is 0 Å². The lowest BCUT2D eigenvalue weighted by Crippen LogP contribution is -2.27. The van der Waals surface area contributed by atoms with E-state index in [1.807, 2.05) is 30.3 Å². The van der Waals surface area contributed by atoms with E-state index in [2.05, 4.69) is 10.4 Å². The van der Waals surface area contributed by atoms with E-state index in [4.69, 9.17) is 0 Å². The van der Waals surface area contributed by atoms with Crippen molar-refractivity contribution in [3.8, 4) is 11.4 Å². The van der Waals surface area contributed by atoms with Crippen molar-refractivity contribution in [3.63, 3.8) is 0 Å². The van der Waals surface area contributed by atoms with E-state index in [-0.39, 0.29) is 23.3 Å². The van der Waals surface area contributed by atoms with Crippen molar-refractivity contribution in [2.24, 2.45) is 0 Å². The number of carbonyl (C=O) groups is 1. The van der Waals surface area contributed by atoms with E-state index in [0.29, 0.717) is 0 Å². The number of alkyl halides is 3. The van der Waals surface area contributed by atoms with Gasteiger partial charge in [0.2, 0.25) is 0 Å². The maximum Gasteiger partial charge on any atom is 0.418 e. The summed E-state index contributed by atoms with van der Waals surface area (Å²) < 4.78 is 40.5. The molecule has 1 aliphatic rings. The van der Waals surface area contributed by atoms with Crippen LogP contribution in [0.5, 0.6) is 5.75 Å². The highest BCUT2D eigenvalue weighted by Gasteiger charge is 2.40. The van der Waals surface area contributed by atoms with Crippen LogP contribution in [0.3, 0.4) is 0 Å². The van der Waals surface area contributed by atoms with Crippen molar-refractivity contribution in [2.45, 2.75) is 24.6 Å². The molecular formula is C20H16F3N3O2. The van der Waals surface area contributed by atoms with E-state index in [1.165, 1.54) is 18.2 Å². The Kier molecular flexibility index (Phi) is 4.33. The first-order valence-corrected chi connectivity index (χ1v) is 8.65. The van der Waals surface area contributed by atoms with Crippen LogP contribution in [0.15, 0.2) is 60.8 Å². The number of benzene rings is 2. The lowest BCUT2D eigenvalue weighted by molar-refractivity contribution is -0.137. The second-order valence-electron chi connectivity index (χ2n) is 6.66. The predicted octanol–water partition coefficient (Wildman–Crippen LogP) is 3.88. The predicted molar refractivity (Wildman–Crippen MR) is 95.3 cm³/mol. The molecule has 1 aromatic heterocycles. The van der Waals surface area contributed by atoms with Gasteiger partial charge in [-0.25, -0.2) is 4.68 Å². The second-order valence-corrected chi connectivity index (χ2v) is 6.66. The highest BCUT2D eigenvalue weighted by molar-refractivity contribution is 5.95. The molecule has 1 heterocycles. The molecule has 8 heteroatoms. The number of aromatic hydroxyl groups is 1. The normalized spacial score (nSPS) is 18.7. The molecule has 1 fully saturated rings. The van der Waals surface area contributed by atoms with Crippen LogP contribution in [0.4, 0.5) is 13.2 Å². The van der Waals surface area contributed by atoms with E-state index in [9.17, 15) is 23.1 Å². The SMILES string of the molecule is O=C(N[C@@H]1C[C@@H]1c1ccccc1)c1nn(-c2ccccc2C(F)(F)F)cc1O. The smallest absolute Gasteiger partial charge is 0.418 e. The second kappa shape index (κ2) is 6.70. The van der Waals surface area contributed by atoms with E-state index < -0.39 is 23.4 Å². The van der Waals surface area contributed by atoms with Gasteiger partial charge < -0.3 is 10.4 Å². The lowest BCUT2D eigenvalue weighted by atomic mass is 10.1. The quantitative estimate of drug-likeness (QED) is 0.714. The standard InChI is InChI=1S/C20H16F3N3O2/c21-20(22,23)14-8-4-5-9-16(14)26-11-17(27)18(25-26)19(28)24-15-10-13(15)12-6-2-1-3-7-12/h1-9,11,13,15,27H,10H2,(H,24,28)/t13-,15-/m1/s1. The molecule has 0 aliphatic heterocycles. The molecule has 28 heavy (non-hydrogen) atoms. The number of nitrogens with one attached hydrogen (secondary N) is 1. The third-order valence-electron chi connectivity index (χ3n) is 4.70. The molecule has 0 radical (unpaired) electrons. The number of para-hydroxylation sites is 1. The highest BCUT2D eigenvalue weighted by atomic mass is 19.4. The van der Waals surface area contributed by atoms with Crippen LogP contribution in [-0.2, 0) is 6.18 Å². The van der Waals surface area contributed by atoms with Gasteiger partial charge in [-0.3, -0.25) is 4.79 Å². The Bertz CT molecular complexity index is 1020. The summed E-state index contributed by atoms with van der Waals surface area (Å²) in [4.78, 5) is 12.5. The van der Waals surface area contributed by atoms with E-state index in [1.54, 1.807) is 0 Å². The Morgan fingerprint density at radius 2 is 1.79 bits per heavy atom. The minimum atomic E-state index is -4.59. The Morgan fingerprint density at radius 3 is 2.50 bits per heavy atom. The maximum absolute atomic E-state index is 13.2. The molecule has 0 unspecified atom stereocenters. The van der Waals surface area contributed by atoms with Crippen LogP contribution in [0, 0.1) is 0 Å². The summed E-state index contributed by atoms with van der Waals surface area (Å²) in [5.41, 5.74) is -0.383. The molecule has 0 saturated heterocycles. The van der Waals surface area contributed by atoms with Crippen molar-refractivity contribution >= 4 is 5.91 Å². The molecule has 0 bridgehead atoms. The van der Waals surface area contributed by atoms with Gasteiger partial charge in [-0.2, -0.15) is 18.3 Å². The third kappa shape index (κ3) is 3.45. The molecule has 2 aromatic carbocycles. The molecule has 4 rings (SSSR count). The summed E-state index contributed by atoms with van der Waals surface area (Å²) in [6.45, 7) is 0. The molecule has 3 aromatic rings. The molecule has 1 aliphatic carbocycles. The number of hydrogen-bond donors (Lipinski definition) is 2. The van der Waals surface area contributed by atoms with Gasteiger partial charge in [-0.1, -0.05) is 42.5 Å². The van der Waals surface area contributed by atoms with Crippen molar-refractivity contribution in [1.82, 2.24) is 15.1 Å². The van der Waals surface area contributed by atoms with Crippen molar-refractivity contribution < 1.29 is 23.1 Å². The summed E-state index contributed by atoms with van der Waals surface area (Å²) in [5.74, 6) is -0.920. The monoisotopic (exact) mass is 387 g/mol. The van der Waals surface area contributed by atoms with Crippen LogP contribution in [-0.4, -0.2) is 26.8 Å². The van der Waals surface area contributed by atoms with Gasteiger partial charge >= 0.3 is 6.18 Å². The van der Waals surface area contributed by atoms with Gasteiger partial charge in [0, 0.05) is 12.0 Å². The average Bonchev–Trinajstić information content (AvgIpc) is 3.32. The van der Waals surface area contributed by atoms with Crippen molar-refractivity contribution in [2.75, 3.05) is 0 Å². The molecular weight excluding hydrogens is 371 g/mol. The van der Waals surface area contributed by atoms with Crippen molar-refractivity contribution in [1.29, 1.82) is 0 Å². The Labute approximate surface area is 158 Å². The van der Waals surface area contributed by atoms with Gasteiger partial charge in [-0.05, 0) is 24.1 Å². The summed E-state index contributed by atoms with van der Waals surface area (Å²) >= 11 is 0. The number of amides is 1. The first-order valence-electron chi connectivity index (χ1n) is 8.65. The number of hydrogen-bond acceptors (Lipinski definition) is 3. The minimum Gasteiger partial charge on any atom is -0.504 e. The van der Waals surface area contributed by atoms with Crippen LogP contribution in [0.25, 0.3) is 5.69 Å². The van der Waals surface area contributed by atoms with Gasteiger partial charge in [-0.15, -0.1) is 0 Å². The van der Waals surface area contributed by atoms with Gasteiger partial charge in [0.25, 0.3) is 5.91 Å². The van der Waals surface area contributed by atoms with Crippen LogP contribution < -0.4 is 5.32 Å². The Hall–Kier alpha value is -3.29. The van der Waals surface area contributed by atoms with E-state index >= 15 is 0 Å². The lowest BCUT2D eigenvalue weighted by Gasteiger charge is -2.12.